The molecule has 3 amide bonds. The number of likely N-dealkylation sites (tertiary alicyclic amines) is 1. The van der Waals surface area contributed by atoms with E-state index in [-0.39, 0.29) is 30.2 Å². The van der Waals surface area contributed by atoms with Crippen LogP contribution >= 0.6 is 0 Å². The smallest absolute Gasteiger partial charge is 0.248 e. The number of anilines is 1. The van der Waals surface area contributed by atoms with Crippen LogP contribution < -0.4 is 15.8 Å². The lowest BCUT2D eigenvalue weighted by Crippen LogP contribution is -2.33. The minimum Gasteiger partial charge on any atom is -0.439 e. The molecule has 8 heteroatoms. The van der Waals surface area contributed by atoms with Crippen molar-refractivity contribution < 1.29 is 19.1 Å². The monoisotopic (exact) mass is 382 g/mol. The summed E-state index contributed by atoms with van der Waals surface area (Å²) in [6, 6.07) is 9.81. The summed E-state index contributed by atoms with van der Waals surface area (Å²) < 4.78 is 5.60. The summed E-state index contributed by atoms with van der Waals surface area (Å²) >= 11 is 0. The molecule has 1 aliphatic rings. The number of nitrogens with zero attached hydrogens (tertiary/aromatic N) is 2. The first-order chi connectivity index (χ1) is 13.3. The number of aromatic nitrogens is 1. The van der Waals surface area contributed by atoms with Gasteiger partial charge in [0.2, 0.25) is 23.6 Å². The highest BCUT2D eigenvalue weighted by molar-refractivity contribution is 5.97. The van der Waals surface area contributed by atoms with Crippen molar-refractivity contribution in [3.05, 3.63) is 48.2 Å². The van der Waals surface area contributed by atoms with Crippen molar-refractivity contribution in [2.75, 3.05) is 11.9 Å². The zero-order valence-corrected chi connectivity index (χ0v) is 15.7. The lowest BCUT2D eigenvalue weighted by atomic mass is 10.1. The highest BCUT2D eigenvalue weighted by Gasteiger charge is 2.35. The maximum atomic E-state index is 12.4. The Morgan fingerprint density at radius 2 is 2.07 bits per heavy atom. The second kappa shape index (κ2) is 8.08. The van der Waals surface area contributed by atoms with Crippen LogP contribution in [0.1, 0.15) is 30.6 Å². The van der Waals surface area contributed by atoms with Gasteiger partial charge in [0, 0.05) is 30.6 Å². The van der Waals surface area contributed by atoms with Gasteiger partial charge in [-0.15, -0.1) is 0 Å². The Morgan fingerprint density at radius 3 is 2.68 bits per heavy atom. The first kappa shape index (κ1) is 19.3. The van der Waals surface area contributed by atoms with Gasteiger partial charge in [0.05, 0.1) is 17.8 Å². The Morgan fingerprint density at radius 1 is 1.29 bits per heavy atom. The molecule has 146 valence electrons. The van der Waals surface area contributed by atoms with E-state index < -0.39 is 5.91 Å². The maximum absolute atomic E-state index is 12.4. The number of nitrogens with two attached hydrogens (primary N) is 1. The van der Waals surface area contributed by atoms with Crippen LogP contribution in [0.15, 0.2) is 42.6 Å². The van der Waals surface area contributed by atoms with Gasteiger partial charge in [-0.3, -0.25) is 14.4 Å². The van der Waals surface area contributed by atoms with Gasteiger partial charge in [0.25, 0.3) is 0 Å². The van der Waals surface area contributed by atoms with Crippen LogP contribution in [-0.4, -0.2) is 40.2 Å². The Bertz CT molecular complexity index is 895. The van der Waals surface area contributed by atoms with E-state index in [2.05, 4.69) is 10.3 Å². The molecule has 1 aliphatic heterocycles. The summed E-state index contributed by atoms with van der Waals surface area (Å²) in [7, 11) is 0. The fraction of sp³-hybridized carbons (Fsp3) is 0.300. The number of carbonyl (C=O) groups excluding carboxylic acids is 3. The topological polar surface area (TPSA) is 115 Å². The molecule has 2 heterocycles. The number of amides is 3. The molecule has 1 aromatic heterocycles. The van der Waals surface area contributed by atoms with Gasteiger partial charge in [-0.2, -0.15) is 0 Å². The van der Waals surface area contributed by atoms with Crippen molar-refractivity contribution in [3.8, 4) is 11.6 Å². The molecular formula is C20H22N4O4. The van der Waals surface area contributed by atoms with E-state index in [1.807, 2.05) is 13.8 Å². The number of hydrogen-bond donors (Lipinski definition) is 2. The Hall–Kier alpha value is -3.42. The summed E-state index contributed by atoms with van der Waals surface area (Å²) in [5.41, 5.74) is 6.10. The van der Waals surface area contributed by atoms with Crippen LogP contribution in [0.4, 0.5) is 5.69 Å². The van der Waals surface area contributed by atoms with Gasteiger partial charge in [0.1, 0.15) is 5.75 Å². The van der Waals surface area contributed by atoms with Crippen molar-refractivity contribution in [3.63, 3.8) is 0 Å². The second-order valence-electron chi connectivity index (χ2n) is 6.91. The summed E-state index contributed by atoms with van der Waals surface area (Å²) in [6.45, 7) is 4.28. The lowest BCUT2D eigenvalue weighted by molar-refractivity contribution is -0.129. The van der Waals surface area contributed by atoms with Gasteiger partial charge in [-0.1, -0.05) is 6.07 Å². The molecule has 0 radical (unpaired) electrons. The standard InChI is InChI=1S/C20H22N4O4/c1-12(2)24-11-14(9-18(24)25)20(27)23-15-6-7-17(22-10-15)28-16-5-3-4-13(8-16)19(21)26/h3-8,10,12,14H,9,11H2,1-2H3,(H2,21,26)(H,23,27). The molecule has 1 aromatic carbocycles. The fourth-order valence-electron chi connectivity index (χ4n) is 3.00. The van der Waals surface area contributed by atoms with Crippen LogP contribution in [0.3, 0.4) is 0 Å². The number of hydrogen-bond acceptors (Lipinski definition) is 5. The SMILES string of the molecule is CC(C)N1CC(C(=O)Nc2ccc(Oc3cccc(C(N)=O)c3)nc2)CC1=O. The van der Waals surface area contributed by atoms with Crippen LogP contribution in [0.25, 0.3) is 0 Å². The van der Waals surface area contributed by atoms with E-state index in [4.69, 9.17) is 10.5 Å². The molecule has 0 bridgehead atoms. The third-order valence-corrected chi connectivity index (χ3v) is 4.50. The average molecular weight is 382 g/mol. The van der Waals surface area contributed by atoms with E-state index >= 15 is 0 Å². The van der Waals surface area contributed by atoms with Crippen molar-refractivity contribution >= 4 is 23.4 Å². The molecule has 3 rings (SSSR count). The summed E-state index contributed by atoms with van der Waals surface area (Å²) in [5.74, 6) is -0.392. The van der Waals surface area contributed by atoms with E-state index in [1.165, 1.54) is 12.3 Å². The van der Waals surface area contributed by atoms with Gasteiger partial charge in [0.15, 0.2) is 0 Å². The zero-order valence-electron chi connectivity index (χ0n) is 15.7. The average Bonchev–Trinajstić information content (AvgIpc) is 3.06. The molecule has 1 unspecified atom stereocenters. The number of rotatable bonds is 6. The maximum Gasteiger partial charge on any atom is 0.248 e. The second-order valence-corrected chi connectivity index (χ2v) is 6.91. The minimum atomic E-state index is -0.544. The summed E-state index contributed by atoms with van der Waals surface area (Å²) in [4.78, 5) is 41.5. The van der Waals surface area contributed by atoms with E-state index in [0.717, 1.165) is 0 Å². The Balaban J connectivity index is 1.60. The van der Waals surface area contributed by atoms with E-state index in [1.54, 1.807) is 35.2 Å². The lowest BCUT2D eigenvalue weighted by Gasteiger charge is -2.20. The molecule has 1 atom stereocenters. The third kappa shape index (κ3) is 4.46. The molecule has 3 N–H and O–H groups in total. The number of pyridine rings is 1. The molecule has 0 saturated carbocycles. The Labute approximate surface area is 162 Å². The summed E-state index contributed by atoms with van der Waals surface area (Å²) in [5, 5.41) is 2.78. The van der Waals surface area contributed by atoms with Crippen molar-refractivity contribution in [1.29, 1.82) is 0 Å². The zero-order chi connectivity index (χ0) is 20.3. The van der Waals surface area contributed by atoms with E-state index in [0.29, 0.717) is 29.4 Å². The highest BCUT2D eigenvalue weighted by atomic mass is 16.5. The summed E-state index contributed by atoms with van der Waals surface area (Å²) in [6.07, 6.45) is 1.69. The molecule has 0 aliphatic carbocycles. The minimum absolute atomic E-state index is 0.00443. The first-order valence-electron chi connectivity index (χ1n) is 8.97. The van der Waals surface area contributed by atoms with Crippen molar-refractivity contribution in [2.24, 2.45) is 11.7 Å². The molecule has 1 saturated heterocycles. The fourth-order valence-corrected chi connectivity index (χ4v) is 3.00. The van der Waals surface area contributed by atoms with Gasteiger partial charge in [-0.25, -0.2) is 4.98 Å². The molecular weight excluding hydrogens is 360 g/mol. The van der Waals surface area contributed by atoms with Crippen LogP contribution in [0.2, 0.25) is 0 Å². The van der Waals surface area contributed by atoms with Crippen LogP contribution in [0.5, 0.6) is 11.6 Å². The largest absolute Gasteiger partial charge is 0.439 e. The Kier molecular flexibility index (Phi) is 5.58. The number of nitrogens with one attached hydrogen (secondary N) is 1. The van der Waals surface area contributed by atoms with Crippen LogP contribution in [-0.2, 0) is 9.59 Å². The predicted octanol–water partition coefficient (Wildman–Crippen LogP) is 2.17. The molecule has 28 heavy (non-hydrogen) atoms. The highest BCUT2D eigenvalue weighted by Crippen LogP contribution is 2.24. The molecule has 8 nitrogen and oxygen atoms in total. The normalized spacial score (nSPS) is 16.3. The molecule has 1 fully saturated rings. The van der Waals surface area contributed by atoms with E-state index in [9.17, 15) is 14.4 Å². The third-order valence-electron chi connectivity index (χ3n) is 4.50. The number of benzene rings is 1. The molecule has 2 aromatic rings. The number of ether oxygens (including phenoxy) is 1. The molecule has 0 spiro atoms. The number of primary amides is 1. The van der Waals surface area contributed by atoms with Gasteiger partial charge >= 0.3 is 0 Å². The van der Waals surface area contributed by atoms with Gasteiger partial charge < -0.3 is 20.7 Å². The van der Waals surface area contributed by atoms with Crippen molar-refractivity contribution in [2.45, 2.75) is 26.3 Å². The predicted molar refractivity (Wildman–Crippen MR) is 103 cm³/mol. The van der Waals surface area contributed by atoms with Gasteiger partial charge in [-0.05, 0) is 38.1 Å². The van der Waals surface area contributed by atoms with Crippen LogP contribution in [0, 0.1) is 5.92 Å². The quantitative estimate of drug-likeness (QED) is 0.795. The van der Waals surface area contributed by atoms with Crippen molar-refractivity contribution in [1.82, 2.24) is 9.88 Å². The first-order valence-corrected chi connectivity index (χ1v) is 8.97. The number of carbonyl (C=O) groups is 3.